The monoisotopic (exact) mass is 173 g/mol. The zero-order chi connectivity index (χ0) is 9.56. The van der Waals surface area contributed by atoms with Gasteiger partial charge >= 0.3 is 6.03 Å². The Morgan fingerprint density at radius 2 is 2.08 bits per heavy atom. The summed E-state index contributed by atoms with van der Waals surface area (Å²) in [5, 5.41) is 0. The van der Waals surface area contributed by atoms with Crippen LogP contribution in [-0.2, 0) is 0 Å². The lowest BCUT2D eigenvalue weighted by Crippen LogP contribution is -2.35. The number of nitrogens with two attached hydrogens (primary N) is 3. The molecule has 0 bridgehead atoms. The SMILES string of the molecule is CCN(CCN)C(=O)N=C(N)N. The number of amides is 2. The van der Waals surface area contributed by atoms with Crippen LogP contribution >= 0.6 is 0 Å². The standard InChI is InChI=1S/C6H15N5O/c1-2-11(4-3-7)6(12)10-5(8)9/h2-4,7H2,1H3,(H4,8,9,10,12). The van der Waals surface area contributed by atoms with Crippen molar-refractivity contribution in [1.29, 1.82) is 0 Å². The third-order valence-electron chi connectivity index (χ3n) is 1.28. The van der Waals surface area contributed by atoms with Crippen LogP contribution in [0.5, 0.6) is 0 Å². The normalized spacial score (nSPS) is 9.17. The average molecular weight is 173 g/mol. The van der Waals surface area contributed by atoms with E-state index < -0.39 is 6.03 Å². The molecule has 0 radical (unpaired) electrons. The molecule has 0 atom stereocenters. The molecule has 0 aliphatic heterocycles. The van der Waals surface area contributed by atoms with Gasteiger partial charge in [0.15, 0.2) is 5.96 Å². The number of guanidine groups is 1. The van der Waals surface area contributed by atoms with E-state index in [2.05, 4.69) is 4.99 Å². The number of rotatable bonds is 3. The molecule has 0 aliphatic rings. The Balaban J connectivity index is 4.12. The molecule has 0 saturated carbocycles. The quantitative estimate of drug-likeness (QED) is 0.362. The molecule has 12 heavy (non-hydrogen) atoms. The molecule has 0 unspecified atom stereocenters. The van der Waals surface area contributed by atoms with Gasteiger partial charge in [-0.25, -0.2) is 4.79 Å². The molecule has 0 saturated heterocycles. The van der Waals surface area contributed by atoms with E-state index in [1.165, 1.54) is 4.90 Å². The first-order valence-corrected chi connectivity index (χ1v) is 3.70. The van der Waals surface area contributed by atoms with Gasteiger partial charge in [0.1, 0.15) is 0 Å². The van der Waals surface area contributed by atoms with Crippen molar-refractivity contribution in [1.82, 2.24) is 4.90 Å². The summed E-state index contributed by atoms with van der Waals surface area (Å²) in [7, 11) is 0. The zero-order valence-corrected chi connectivity index (χ0v) is 7.16. The molecule has 0 aromatic rings. The summed E-state index contributed by atoms with van der Waals surface area (Å²) >= 11 is 0. The predicted molar refractivity (Wildman–Crippen MR) is 47.5 cm³/mol. The summed E-state index contributed by atoms with van der Waals surface area (Å²) in [4.78, 5) is 15.9. The van der Waals surface area contributed by atoms with Crippen LogP contribution in [0.25, 0.3) is 0 Å². The van der Waals surface area contributed by atoms with Crippen LogP contribution in [-0.4, -0.2) is 36.5 Å². The molecule has 0 heterocycles. The van der Waals surface area contributed by atoms with Crippen molar-refractivity contribution in [3.63, 3.8) is 0 Å². The minimum atomic E-state index is -0.442. The first kappa shape index (κ1) is 10.7. The molecule has 0 spiro atoms. The van der Waals surface area contributed by atoms with E-state index in [9.17, 15) is 4.79 Å². The second kappa shape index (κ2) is 5.36. The molecule has 0 aliphatic carbocycles. The van der Waals surface area contributed by atoms with E-state index in [-0.39, 0.29) is 5.96 Å². The van der Waals surface area contributed by atoms with Crippen molar-refractivity contribution in [2.75, 3.05) is 19.6 Å². The second-order valence-corrected chi connectivity index (χ2v) is 2.19. The van der Waals surface area contributed by atoms with Crippen LogP contribution in [0, 0.1) is 0 Å². The molecule has 6 heteroatoms. The van der Waals surface area contributed by atoms with Crippen LogP contribution < -0.4 is 17.2 Å². The van der Waals surface area contributed by atoms with Crippen LogP contribution in [0.1, 0.15) is 6.92 Å². The Morgan fingerprint density at radius 1 is 1.50 bits per heavy atom. The van der Waals surface area contributed by atoms with Crippen molar-refractivity contribution >= 4 is 12.0 Å². The van der Waals surface area contributed by atoms with Crippen molar-refractivity contribution < 1.29 is 4.79 Å². The lowest BCUT2D eigenvalue weighted by atomic mass is 10.5. The molecule has 0 aromatic carbocycles. The Hall–Kier alpha value is -1.30. The number of nitrogens with zero attached hydrogens (tertiary/aromatic N) is 2. The van der Waals surface area contributed by atoms with Crippen LogP contribution in [0.4, 0.5) is 4.79 Å². The zero-order valence-electron chi connectivity index (χ0n) is 7.16. The van der Waals surface area contributed by atoms with Gasteiger partial charge in [-0.1, -0.05) is 0 Å². The van der Waals surface area contributed by atoms with E-state index in [1.54, 1.807) is 0 Å². The van der Waals surface area contributed by atoms with Gasteiger partial charge in [-0.2, -0.15) is 4.99 Å². The van der Waals surface area contributed by atoms with Crippen molar-refractivity contribution in [2.45, 2.75) is 6.92 Å². The molecular formula is C6H15N5O. The fraction of sp³-hybridized carbons (Fsp3) is 0.667. The van der Waals surface area contributed by atoms with Crippen molar-refractivity contribution in [3.05, 3.63) is 0 Å². The van der Waals surface area contributed by atoms with Crippen LogP contribution in [0.3, 0.4) is 0 Å². The van der Waals surface area contributed by atoms with Crippen LogP contribution in [0.15, 0.2) is 4.99 Å². The van der Waals surface area contributed by atoms with E-state index in [1.807, 2.05) is 6.92 Å². The highest BCUT2D eigenvalue weighted by atomic mass is 16.2. The molecular weight excluding hydrogens is 158 g/mol. The maximum absolute atomic E-state index is 11.1. The number of carbonyl (C=O) groups excluding carboxylic acids is 1. The molecule has 6 N–H and O–H groups in total. The highest BCUT2D eigenvalue weighted by molar-refractivity contribution is 5.90. The lowest BCUT2D eigenvalue weighted by Gasteiger charge is -2.16. The van der Waals surface area contributed by atoms with Gasteiger partial charge in [-0.15, -0.1) is 0 Å². The lowest BCUT2D eigenvalue weighted by molar-refractivity contribution is 0.212. The summed E-state index contributed by atoms with van der Waals surface area (Å²) in [6.45, 7) is 3.24. The largest absolute Gasteiger partial charge is 0.370 e. The van der Waals surface area contributed by atoms with Crippen molar-refractivity contribution in [2.24, 2.45) is 22.2 Å². The number of urea groups is 1. The topological polar surface area (TPSA) is 111 Å². The van der Waals surface area contributed by atoms with Gasteiger partial charge in [0.2, 0.25) is 0 Å². The van der Waals surface area contributed by atoms with Gasteiger partial charge in [0.25, 0.3) is 0 Å². The Morgan fingerprint density at radius 3 is 2.42 bits per heavy atom. The first-order valence-electron chi connectivity index (χ1n) is 3.70. The number of hydrogen-bond donors (Lipinski definition) is 3. The average Bonchev–Trinajstić information content (AvgIpc) is 1.98. The molecule has 70 valence electrons. The molecule has 0 aromatic heterocycles. The number of hydrogen-bond acceptors (Lipinski definition) is 2. The van der Waals surface area contributed by atoms with Crippen molar-refractivity contribution in [3.8, 4) is 0 Å². The van der Waals surface area contributed by atoms with Crippen LogP contribution in [0.2, 0.25) is 0 Å². The maximum Gasteiger partial charge on any atom is 0.346 e. The number of likely N-dealkylation sites (N-methyl/N-ethyl adjacent to an activating group) is 1. The van der Waals surface area contributed by atoms with E-state index in [0.717, 1.165) is 0 Å². The second-order valence-electron chi connectivity index (χ2n) is 2.19. The predicted octanol–water partition coefficient (Wildman–Crippen LogP) is -1.34. The Bertz CT molecular complexity index is 175. The fourth-order valence-electron chi connectivity index (χ4n) is 0.726. The van der Waals surface area contributed by atoms with E-state index in [0.29, 0.717) is 19.6 Å². The third-order valence-corrected chi connectivity index (χ3v) is 1.28. The highest BCUT2D eigenvalue weighted by Gasteiger charge is 2.08. The van der Waals surface area contributed by atoms with Gasteiger partial charge in [0.05, 0.1) is 0 Å². The Kier molecular flexibility index (Phi) is 4.78. The molecule has 0 fully saturated rings. The smallest absolute Gasteiger partial charge is 0.346 e. The maximum atomic E-state index is 11.1. The number of carbonyl (C=O) groups is 1. The van der Waals surface area contributed by atoms with Gasteiger partial charge < -0.3 is 22.1 Å². The first-order chi connectivity index (χ1) is 5.61. The number of aliphatic imine (C=N–C) groups is 1. The summed E-state index contributed by atoms with van der Waals surface area (Å²) < 4.78 is 0. The van der Waals surface area contributed by atoms with E-state index in [4.69, 9.17) is 17.2 Å². The molecule has 2 amide bonds. The summed E-state index contributed by atoms with van der Waals surface area (Å²) in [6.07, 6.45) is 0. The molecule has 0 rings (SSSR count). The van der Waals surface area contributed by atoms with Gasteiger partial charge in [-0.3, -0.25) is 0 Å². The minimum absolute atomic E-state index is 0.226. The summed E-state index contributed by atoms with van der Waals surface area (Å²) in [6, 6.07) is -0.442. The van der Waals surface area contributed by atoms with Gasteiger partial charge in [-0.05, 0) is 6.92 Å². The highest BCUT2D eigenvalue weighted by Crippen LogP contribution is 1.90. The molecule has 6 nitrogen and oxygen atoms in total. The third kappa shape index (κ3) is 3.77. The Labute approximate surface area is 71.4 Å². The minimum Gasteiger partial charge on any atom is -0.370 e. The summed E-state index contributed by atoms with van der Waals surface area (Å²) in [5.41, 5.74) is 15.3. The summed E-state index contributed by atoms with van der Waals surface area (Å²) in [5.74, 6) is -0.226. The fourth-order valence-corrected chi connectivity index (χ4v) is 0.726. The van der Waals surface area contributed by atoms with E-state index >= 15 is 0 Å². The van der Waals surface area contributed by atoms with Gasteiger partial charge in [0, 0.05) is 19.6 Å².